The molecule has 2 N–H and O–H groups in total. The van der Waals surface area contributed by atoms with E-state index in [-0.39, 0.29) is 5.56 Å². The first-order valence-electron chi connectivity index (χ1n) is 10.6. The molecule has 9 heteroatoms. The Kier molecular flexibility index (Phi) is 6.77. The molecule has 2 aromatic carbocycles. The molecule has 1 aliphatic rings. The van der Waals surface area contributed by atoms with Crippen molar-refractivity contribution >= 4 is 11.8 Å². The third-order valence-electron chi connectivity index (χ3n) is 5.12. The van der Waals surface area contributed by atoms with Crippen molar-refractivity contribution in [2.24, 2.45) is 0 Å². The van der Waals surface area contributed by atoms with Crippen LogP contribution in [0, 0.1) is 0 Å². The zero-order valence-electron chi connectivity index (χ0n) is 18.5. The standard InChI is InChI=1S/C24H25N3O6/c1-3-31-20-10-15(4-5-17(20)24(28)29)18-12-23(27-14-26-18)25-7-6-16-11-21-22(13-19(16)30-2)33-9-8-32-21/h4-5,10-14H,3,6-9H2,1-2H3,(H,28,29)(H,25,26,27). The molecule has 1 aliphatic heterocycles. The summed E-state index contributed by atoms with van der Waals surface area (Å²) < 4.78 is 22.3. The van der Waals surface area contributed by atoms with Crippen LogP contribution in [-0.2, 0) is 6.42 Å². The Morgan fingerprint density at radius 1 is 1.09 bits per heavy atom. The van der Waals surface area contributed by atoms with Crippen molar-refractivity contribution in [1.29, 1.82) is 0 Å². The van der Waals surface area contributed by atoms with Crippen LogP contribution in [0.3, 0.4) is 0 Å². The number of carboxylic acids is 1. The number of aromatic nitrogens is 2. The number of anilines is 1. The van der Waals surface area contributed by atoms with Crippen molar-refractivity contribution in [3.05, 3.63) is 53.9 Å². The van der Waals surface area contributed by atoms with Gasteiger partial charge >= 0.3 is 5.97 Å². The number of benzene rings is 2. The number of nitrogens with zero attached hydrogens (tertiary/aromatic N) is 2. The highest BCUT2D eigenvalue weighted by atomic mass is 16.6. The van der Waals surface area contributed by atoms with E-state index in [1.165, 1.54) is 12.4 Å². The highest BCUT2D eigenvalue weighted by Gasteiger charge is 2.17. The third-order valence-corrected chi connectivity index (χ3v) is 5.12. The first kappa shape index (κ1) is 22.2. The van der Waals surface area contributed by atoms with Crippen molar-refractivity contribution < 1.29 is 28.8 Å². The molecule has 0 saturated heterocycles. The topological polar surface area (TPSA) is 112 Å². The van der Waals surface area contributed by atoms with Gasteiger partial charge in [0.15, 0.2) is 11.5 Å². The smallest absolute Gasteiger partial charge is 0.339 e. The predicted molar refractivity (Wildman–Crippen MR) is 122 cm³/mol. The summed E-state index contributed by atoms with van der Waals surface area (Å²) in [5.41, 5.74) is 2.50. The molecule has 172 valence electrons. The van der Waals surface area contributed by atoms with Crippen molar-refractivity contribution in [2.45, 2.75) is 13.3 Å². The van der Waals surface area contributed by atoms with E-state index in [0.717, 1.165) is 22.6 Å². The first-order chi connectivity index (χ1) is 16.1. The molecule has 0 bridgehead atoms. The number of carbonyl (C=O) groups is 1. The lowest BCUT2D eigenvalue weighted by Crippen LogP contribution is -2.16. The second-order valence-electron chi connectivity index (χ2n) is 7.22. The minimum absolute atomic E-state index is 0.112. The summed E-state index contributed by atoms with van der Waals surface area (Å²) in [5.74, 6) is 2.07. The van der Waals surface area contributed by atoms with Gasteiger partial charge in [-0.3, -0.25) is 0 Å². The zero-order valence-corrected chi connectivity index (χ0v) is 18.5. The number of carboxylic acid groups (broad SMARTS) is 1. The molecule has 0 aliphatic carbocycles. The van der Waals surface area contributed by atoms with Gasteiger partial charge in [0.25, 0.3) is 0 Å². The number of rotatable bonds is 9. The summed E-state index contributed by atoms with van der Waals surface area (Å²) in [7, 11) is 1.63. The number of ether oxygens (including phenoxy) is 4. The molecule has 0 unspecified atom stereocenters. The Bertz CT molecular complexity index is 1150. The van der Waals surface area contributed by atoms with E-state index in [4.69, 9.17) is 18.9 Å². The highest BCUT2D eigenvalue weighted by Crippen LogP contribution is 2.37. The van der Waals surface area contributed by atoms with Crippen LogP contribution < -0.4 is 24.3 Å². The molecule has 0 spiro atoms. The fourth-order valence-electron chi connectivity index (χ4n) is 3.57. The van der Waals surface area contributed by atoms with Gasteiger partial charge in [0.05, 0.1) is 19.4 Å². The second kappa shape index (κ2) is 10.1. The van der Waals surface area contributed by atoms with E-state index in [2.05, 4.69) is 15.3 Å². The maximum Gasteiger partial charge on any atom is 0.339 e. The molecular formula is C24H25N3O6. The largest absolute Gasteiger partial charge is 0.496 e. The fourth-order valence-corrected chi connectivity index (χ4v) is 3.57. The van der Waals surface area contributed by atoms with Crippen LogP contribution in [0.4, 0.5) is 5.82 Å². The van der Waals surface area contributed by atoms with Gasteiger partial charge in [-0.2, -0.15) is 0 Å². The molecule has 0 radical (unpaired) electrons. The number of nitrogens with one attached hydrogen (secondary N) is 1. The predicted octanol–water partition coefficient (Wildman–Crippen LogP) is 3.67. The van der Waals surface area contributed by atoms with Gasteiger partial charge in [0.2, 0.25) is 0 Å². The molecule has 2 heterocycles. The molecule has 0 saturated carbocycles. The van der Waals surface area contributed by atoms with Crippen LogP contribution in [0.2, 0.25) is 0 Å². The lowest BCUT2D eigenvalue weighted by Gasteiger charge is -2.20. The third kappa shape index (κ3) is 5.08. The number of fused-ring (bicyclic) bond motifs is 1. The average molecular weight is 451 g/mol. The molecular weight excluding hydrogens is 426 g/mol. The number of hydrogen-bond acceptors (Lipinski definition) is 8. The summed E-state index contributed by atoms with van der Waals surface area (Å²) in [6, 6.07) is 10.5. The molecule has 1 aromatic heterocycles. The Balaban J connectivity index is 1.47. The lowest BCUT2D eigenvalue weighted by atomic mass is 10.1. The average Bonchev–Trinajstić information content (AvgIpc) is 2.83. The molecule has 33 heavy (non-hydrogen) atoms. The van der Waals surface area contributed by atoms with Gasteiger partial charge in [0, 0.05) is 24.2 Å². The summed E-state index contributed by atoms with van der Waals surface area (Å²) in [5, 5.41) is 12.7. The van der Waals surface area contributed by atoms with E-state index in [9.17, 15) is 9.90 Å². The van der Waals surface area contributed by atoms with Crippen LogP contribution in [-0.4, -0.2) is 54.5 Å². The molecule has 0 atom stereocenters. The van der Waals surface area contributed by atoms with Crippen molar-refractivity contribution in [1.82, 2.24) is 9.97 Å². The van der Waals surface area contributed by atoms with Gasteiger partial charge in [0.1, 0.15) is 42.4 Å². The summed E-state index contributed by atoms with van der Waals surface area (Å²) in [6.07, 6.45) is 2.15. The van der Waals surface area contributed by atoms with Gasteiger partial charge in [-0.1, -0.05) is 6.07 Å². The fraction of sp³-hybridized carbons (Fsp3) is 0.292. The SMILES string of the molecule is CCOc1cc(-c2cc(NCCc3cc4c(cc3OC)OCCO4)ncn2)ccc1C(=O)O. The van der Waals surface area contributed by atoms with E-state index >= 15 is 0 Å². The summed E-state index contributed by atoms with van der Waals surface area (Å²) >= 11 is 0. The lowest BCUT2D eigenvalue weighted by molar-refractivity contribution is 0.0692. The number of aromatic carboxylic acids is 1. The summed E-state index contributed by atoms with van der Waals surface area (Å²) in [6.45, 7) is 3.83. The highest BCUT2D eigenvalue weighted by molar-refractivity contribution is 5.91. The second-order valence-corrected chi connectivity index (χ2v) is 7.22. The maximum atomic E-state index is 11.4. The quantitative estimate of drug-likeness (QED) is 0.503. The monoisotopic (exact) mass is 451 g/mol. The maximum absolute atomic E-state index is 11.4. The molecule has 9 nitrogen and oxygen atoms in total. The van der Waals surface area contributed by atoms with Crippen LogP contribution in [0.5, 0.6) is 23.0 Å². The van der Waals surface area contributed by atoms with Crippen LogP contribution in [0.15, 0.2) is 42.7 Å². The Hall–Kier alpha value is -4.01. The Labute approximate surface area is 191 Å². The van der Waals surface area contributed by atoms with Crippen LogP contribution in [0.25, 0.3) is 11.3 Å². The summed E-state index contributed by atoms with van der Waals surface area (Å²) in [4.78, 5) is 20.0. The Morgan fingerprint density at radius 2 is 1.88 bits per heavy atom. The Morgan fingerprint density at radius 3 is 2.61 bits per heavy atom. The van der Waals surface area contributed by atoms with E-state index in [0.29, 0.717) is 55.8 Å². The molecule has 0 amide bonds. The van der Waals surface area contributed by atoms with Crippen molar-refractivity contribution in [3.63, 3.8) is 0 Å². The van der Waals surface area contributed by atoms with Crippen molar-refractivity contribution in [2.75, 3.05) is 38.8 Å². The van der Waals surface area contributed by atoms with Gasteiger partial charge in [-0.25, -0.2) is 14.8 Å². The van der Waals surface area contributed by atoms with E-state index in [1.807, 2.05) is 25.1 Å². The molecule has 3 aromatic rings. The minimum Gasteiger partial charge on any atom is -0.496 e. The van der Waals surface area contributed by atoms with Crippen LogP contribution >= 0.6 is 0 Å². The normalized spacial score (nSPS) is 12.2. The molecule has 0 fully saturated rings. The van der Waals surface area contributed by atoms with Crippen molar-refractivity contribution in [3.8, 4) is 34.3 Å². The van der Waals surface area contributed by atoms with E-state index in [1.54, 1.807) is 19.2 Å². The van der Waals surface area contributed by atoms with Gasteiger partial charge < -0.3 is 29.4 Å². The minimum atomic E-state index is -1.04. The first-order valence-corrected chi connectivity index (χ1v) is 10.6. The van der Waals surface area contributed by atoms with Gasteiger partial charge in [-0.05, 0) is 37.1 Å². The van der Waals surface area contributed by atoms with Gasteiger partial charge in [-0.15, -0.1) is 0 Å². The zero-order chi connectivity index (χ0) is 23.2. The van der Waals surface area contributed by atoms with E-state index < -0.39 is 5.97 Å². The number of hydrogen-bond donors (Lipinski definition) is 2. The number of methoxy groups -OCH3 is 1. The molecule has 4 rings (SSSR count). The van der Waals surface area contributed by atoms with Crippen LogP contribution in [0.1, 0.15) is 22.8 Å².